The summed E-state index contributed by atoms with van der Waals surface area (Å²) in [6.07, 6.45) is 0. The molecule has 0 radical (unpaired) electrons. The fourth-order valence-electron chi connectivity index (χ4n) is 0. The summed E-state index contributed by atoms with van der Waals surface area (Å²) in [7, 11) is 0. The fourth-order valence-corrected chi connectivity index (χ4v) is 0. The molecule has 0 heterocycles. The molecule has 0 unspecified atom stereocenters. The molecule has 0 amide bonds. The molecule has 0 aliphatic heterocycles. The number of rotatable bonds is 0. The molecule has 0 rings (SSSR count). The Balaban J connectivity index is 0. The van der Waals surface area contributed by atoms with Crippen LogP contribution in [0.1, 0.15) is 0 Å². The van der Waals surface area contributed by atoms with Crippen LogP contribution in [-0.4, -0.2) is 10.9 Å². The van der Waals surface area contributed by atoms with Crippen LogP contribution < -0.4 is 0 Å². The van der Waals surface area contributed by atoms with Crippen LogP contribution in [0.5, 0.6) is 0 Å². The van der Waals surface area contributed by atoms with Gasteiger partial charge in [0.05, 0.1) is 0 Å². The molecule has 0 aromatic carbocycles. The van der Waals surface area contributed by atoms with Gasteiger partial charge in [0.1, 0.15) is 0 Å². The fraction of sp³-hybridized carbons (Fsp3) is 0. The predicted molar refractivity (Wildman–Crippen MR) is 15.1 cm³/mol. The Morgan fingerprint density at radius 3 is 2.00 bits per heavy atom. The van der Waals surface area contributed by atoms with Gasteiger partial charge >= 0.3 is 0 Å². The van der Waals surface area contributed by atoms with E-state index >= 15 is 0 Å². The first-order valence-corrected chi connectivity index (χ1v) is 0.991. The molecule has 0 aliphatic rings. The number of nitrogens with zero attached hydrogens (tertiary/aromatic N) is 1. The molecule has 0 fully saturated rings. The van der Waals surface area contributed by atoms with Gasteiger partial charge in [-0.25, -0.2) is 0 Å². The zero-order valence-electron chi connectivity index (χ0n) is 2.18. The van der Waals surface area contributed by atoms with Gasteiger partial charge in [0.25, 0.3) is 0 Å². The molecule has 30 valence electrons. The van der Waals surface area contributed by atoms with E-state index in [1.54, 1.807) is 5.67 Å². The van der Waals surface area contributed by atoms with Gasteiger partial charge < -0.3 is 16.8 Å². The van der Waals surface area contributed by atoms with E-state index in [9.17, 15) is 0 Å². The molecule has 2 nitrogen and oxygen atoms in total. The molecule has 4 heteroatoms. The Labute approximate surface area is 49.1 Å². The van der Waals surface area contributed by atoms with Gasteiger partial charge in [-0.3, -0.25) is 10.8 Å². The van der Waals surface area contributed by atoms with Gasteiger partial charge in [-0.2, -0.15) is 0 Å². The summed E-state index contributed by atoms with van der Waals surface area (Å²) in [5, 5.41) is 9.51. The first-order valence-electron chi connectivity index (χ1n) is 0.613. The maximum atomic E-state index is 7.26. The van der Waals surface area contributed by atoms with Gasteiger partial charge in [-0.1, -0.05) is 0 Å². The van der Waals surface area contributed by atoms with Crippen molar-refractivity contribution in [1.82, 2.24) is 0 Å². The third-order valence-electron chi connectivity index (χ3n) is 0.0378. The van der Waals surface area contributed by atoms with E-state index in [-0.39, 0.29) is 21.1 Å². The van der Waals surface area contributed by atoms with Gasteiger partial charge in [0.15, 0.2) is 0 Å². The zero-order chi connectivity index (χ0) is 3.41. The first kappa shape index (κ1) is 9.07. The largest absolute Gasteiger partial charge is 0.446 e. The van der Waals surface area contributed by atoms with Gasteiger partial charge in [-0.05, 0) is 0 Å². The minimum atomic E-state index is 0. The van der Waals surface area contributed by atoms with Crippen LogP contribution in [-0.2, 0) is 21.1 Å². The number of halogens is 1. The third kappa shape index (κ3) is 12.7. The van der Waals surface area contributed by atoms with Crippen molar-refractivity contribution in [2.24, 2.45) is 5.16 Å². The van der Waals surface area contributed by atoms with E-state index in [1.807, 2.05) is 0 Å². The van der Waals surface area contributed by atoms with Crippen molar-refractivity contribution in [3.63, 3.8) is 0 Å². The van der Waals surface area contributed by atoms with Crippen molar-refractivity contribution < 1.29 is 26.3 Å². The van der Waals surface area contributed by atoms with Gasteiger partial charge in [0, 0.05) is 21.1 Å². The van der Waals surface area contributed by atoms with Crippen molar-refractivity contribution in [1.29, 1.82) is 0 Å². The second-order valence-corrected chi connectivity index (χ2v) is 0.354. The maximum Gasteiger partial charge on any atom is 0 e. The molecule has 1 N–H and O–H groups in total. The summed E-state index contributed by atoms with van der Waals surface area (Å²) in [4.78, 5) is 0. The molecular formula is CHClNOW-. The van der Waals surface area contributed by atoms with Gasteiger partial charge in [-0.15, -0.1) is 0 Å². The Hall–Kier alpha value is 0.448. The zero-order valence-corrected chi connectivity index (χ0v) is 5.87. The van der Waals surface area contributed by atoms with E-state index in [4.69, 9.17) is 5.21 Å². The smallest absolute Gasteiger partial charge is 0 e. The standard InChI is InChI=1S/CHClNO.W/c2-1-3-4;/h4H;/q-1;. The van der Waals surface area contributed by atoms with Crippen LogP contribution in [0.15, 0.2) is 5.16 Å². The van der Waals surface area contributed by atoms with Crippen LogP contribution in [0, 0.1) is 0 Å². The second-order valence-electron chi connectivity index (χ2n) is 0.185. The number of hydrogen-bond acceptors (Lipinski definition) is 2. The van der Waals surface area contributed by atoms with Crippen molar-refractivity contribution >= 4 is 17.3 Å². The average Bonchev–Trinajstić information content (AvgIpc) is 1.37. The average molecular weight is 262 g/mol. The third-order valence-corrected chi connectivity index (χ3v) is 0.113. The minimum absolute atomic E-state index is 0. The molecule has 5 heavy (non-hydrogen) atoms. The minimum Gasteiger partial charge on any atom is -0.446 e. The summed E-state index contributed by atoms with van der Waals surface area (Å²) in [5.41, 5.74) is 1.58. The van der Waals surface area contributed by atoms with Crippen LogP contribution in [0.4, 0.5) is 0 Å². The molecule has 0 aromatic heterocycles. The monoisotopic (exact) mass is 262 g/mol. The molecule has 0 saturated heterocycles. The van der Waals surface area contributed by atoms with Gasteiger partial charge in [0.2, 0.25) is 0 Å². The van der Waals surface area contributed by atoms with Crippen molar-refractivity contribution in [2.75, 3.05) is 0 Å². The van der Waals surface area contributed by atoms with E-state index < -0.39 is 0 Å². The van der Waals surface area contributed by atoms with E-state index in [1.165, 1.54) is 0 Å². The molecule has 0 bridgehead atoms. The second kappa shape index (κ2) is 8.82. The Morgan fingerprint density at radius 1 is 1.80 bits per heavy atom. The molecule has 0 aromatic rings. The predicted octanol–water partition coefficient (Wildman–Crippen LogP) is 0.517. The van der Waals surface area contributed by atoms with E-state index in [2.05, 4.69) is 16.8 Å². The Kier molecular flexibility index (Phi) is 16.0. The van der Waals surface area contributed by atoms with Crippen molar-refractivity contribution in [3.8, 4) is 0 Å². The summed E-state index contributed by atoms with van der Waals surface area (Å²) in [5.74, 6) is 0. The van der Waals surface area contributed by atoms with Crippen LogP contribution >= 0.6 is 11.6 Å². The number of hydrogen-bond donors (Lipinski definition) is 1. The van der Waals surface area contributed by atoms with E-state index in [0.29, 0.717) is 0 Å². The SMILES string of the molecule is ON=[C-]Cl.[W]. The van der Waals surface area contributed by atoms with Crippen LogP contribution in [0.3, 0.4) is 0 Å². The summed E-state index contributed by atoms with van der Waals surface area (Å²) >= 11 is 4.52. The van der Waals surface area contributed by atoms with E-state index in [0.717, 1.165) is 0 Å². The Bertz CT molecular complexity index is 26.8. The topological polar surface area (TPSA) is 32.6 Å². The molecule has 0 atom stereocenters. The summed E-state index contributed by atoms with van der Waals surface area (Å²) in [6, 6.07) is 0. The normalized spacial score (nSPS) is 7.40. The van der Waals surface area contributed by atoms with Crippen molar-refractivity contribution in [2.45, 2.75) is 0 Å². The summed E-state index contributed by atoms with van der Waals surface area (Å²) < 4.78 is 0. The van der Waals surface area contributed by atoms with Crippen LogP contribution in [0.25, 0.3) is 0 Å². The molecular weight excluding hydrogens is 261 g/mol. The molecule has 0 saturated carbocycles. The quantitative estimate of drug-likeness (QED) is 0.293. The maximum absolute atomic E-state index is 7.26. The van der Waals surface area contributed by atoms with Crippen molar-refractivity contribution in [3.05, 3.63) is 0 Å². The first-order chi connectivity index (χ1) is 1.91. The van der Waals surface area contributed by atoms with Crippen LogP contribution in [0.2, 0.25) is 0 Å². The molecule has 0 spiro atoms. The Morgan fingerprint density at radius 2 is 2.00 bits per heavy atom. The molecule has 0 aliphatic carbocycles. The summed E-state index contributed by atoms with van der Waals surface area (Å²) in [6.45, 7) is 0.